The molecule has 0 saturated heterocycles. The van der Waals surface area contributed by atoms with Gasteiger partial charge in [0.1, 0.15) is 6.04 Å². The molecule has 1 saturated carbocycles. The molecule has 2 aromatic rings. The fourth-order valence-corrected chi connectivity index (χ4v) is 5.63. The summed E-state index contributed by atoms with van der Waals surface area (Å²) < 4.78 is 4.93. The van der Waals surface area contributed by atoms with Crippen LogP contribution < -0.4 is 10.6 Å². The number of rotatable bonds is 13. The Labute approximate surface area is 243 Å². The van der Waals surface area contributed by atoms with Gasteiger partial charge in [-0.15, -0.1) is 0 Å². The van der Waals surface area contributed by atoms with Gasteiger partial charge >= 0.3 is 6.09 Å². The molecule has 1 fully saturated rings. The van der Waals surface area contributed by atoms with Crippen molar-refractivity contribution in [2.45, 2.75) is 83.6 Å². The number of nitrogens with zero attached hydrogens (tertiary/aromatic N) is 1. The van der Waals surface area contributed by atoms with Gasteiger partial charge in [0, 0.05) is 24.2 Å². The molecule has 0 spiro atoms. The Balaban J connectivity index is 1.23. The van der Waals surface area contributed by atoms with Crippen LogP contribution >= 0.6 is 0 Å². The molecular formula is C34H43N3O4. The van der Waals surface area contributed by atoms with Crippen LogP contribution in [0.3, 0.4) is 0 Å². The molecule has 1 aliphatic heterocycles. The molecule has 0 bridgehead atoms. The van der Waals surface area contributed by atoms with E-state index in [1.807, 2.05) is 30.3 Å². The number of anilines is 1. The first-order valence-electron chi connectivity index (χ1n) is 15.2. The number of carbonyl (C=O) groups is 3. The van der Waals surface area contributed by atoms with Gasteiger partial charge < -0.3 is 10.1 Å². The first kappa shape index (κ1) is 30.2. The Kier molecular flexibility index (Phi) is 11.7. The molecule has 2 N–H and O–H groups in total. The zero-order valence-electron chi connectivity index (χ0n) is 24.2. The van der Waals surface area contributed by atoms with Crippen molar-refractivity contribution in [3.8, 4) is 0 Å². The second-order valence-corrected chi connectivity index (χ2v) is 11.1. The molecule has 1 aliphatic carbocycles. The van der Waals surface area contributed by atoms with E-state index in [-0.39, 0.29) is 18.3 Å². The summed E-state index contributed by atoms with van der Waals surface area (Å²) in [5.74, 6) is 0.818. The largest absolute Gasteiger partial charge is 0.450 e. The molecule has 7 heteroatoms. The maximum atomic E-state index is 12.6. The van der Waals surface area contributed by atoms with Gasteiger partial charge in [0.25, 0.3) is 5.91 Å². The number of hydrogen-bond acceptors (Lipinski definition) is 5. The van der Waals surface area contributed by atoms with E-state index in [1.54, 1.807) is 37.3 Å². The molecule has 1 atom stereocenters. The van der Waals surface area contributed by atoms with Crippen molar-refractivity contribution in [1.29, 1.82) is 0 Å². The van der Waals surface area contributed by atoms with Gasteiger partial charge in [-0.2, -0.15) is 0 Å². The minimum Gasteiger partial charge on any atom is -0.450 e. The van der Waals surface area contributed by atoms with E-state index in [9.17, 15) is 14.4 Å². The van der Waals surface area contributed by atoms with Crippen LogP contribution in [0.4, 0.5) is 10.5 Å². The quantitative estimate of drug-likeness (QED) is 0.258. The normalized spacial score (nSPS) is 17.1. The Morgan fingerprint density at radius 3 is 2.51 bits per heavy atom. The van der Waals surface area contributed by atoms with E-state index in [2.05, 4.69) is 10.6 Å². The molecule has 0 aromatic heterocycles. The van der Waals surface area contributed by atoms with Gasteiger partial charge in [-0.1, -0.05) is 82.1 Å². The molecule has 2 aliphatic rings. The fourth-order valence-electron chi connectivity index (χ4n) is 5.63. The molecule has 4 rings (SSSR count). The lowest BCUT2D eigenvalue weighted by Crippen LogP contribution is -2.25. The molecule has 1 unspecified atom stereocenters. The fraction of sp³-hybridized carbons (Fsp3) is 0.471. The molecular weight excluding hydrogens is 514 g/mol. The Morgan fingerprint density at radius 2 is 1.73 bits per heavy atom. The standard InChI is InChI=1S/C34H43N3O4/c1-2-41-34(40)36-29-15-10-14-26(23-29)24-31-32(38)21-20-30(37-31)27-16-18-28(19-17-27)33(39)35-22-9-4-3-6-11-25-12-7-5-8-13-25/h10,14-21,23,25,31H,2-9,11-13,22,24H2,1H3,(H,35,39)(H,36,40). The predicted molar refractivity (Wildman–Crippen MR) is 164 cm³/mol. The van der Waals surface area contributed by atoms with Crippen molar-refractivity contribution in [3.63, 3.8) is 0 Å². The number of carbonyl (C=O) groups excluding carboxylic acids is 3. The molecule has 41 heavy (non-hydrogen) atoms. The number of ether oxygens (including phenoxy) is 1. The maximum absolute atomic E-state index is 12.6. The van der Waals surface area contributed by atoms with Crippen molar-refractivity contribution in [2.24, 2.45) is 10.9 Å². The number of unbranched alkanes of at least 4 members (excludes halogenated alkanes) is 3. The number of hydrogen-bond donors (Lipinski definition) is 2. The van der Waals surface area contributed by atoms with Crippen molar-refractivity contribution >= 4 is 29.2 Å². The summed E-state index contributed by atoms with van der Waals surface area (Å²) >= 11 is 0. The van der Waals surface area contributed by atoms with E-state index in [0.717, 1.165) is 29.9 Å². The van der Waals surface area contributed by atoms with Gasteiger partial charge in [0.2, 0.25) is 0 Å². The Morgan fingerprint density at radius 1 is 0.951 bits per heavy atom. The van der Waals surface area contributed by atoms with Crippen molar-refractivity contribution in [2.75, 3.05) is 18.5 Å². The average Bonchev–Trinajstić information content (AvgIpc) is 2.98. The summed E-state index contributed by atoms with van der Waals surface area (Å²) in [6, 6.07) is 14.1. The smallest absolute Gasteiger partial charge is 0.411 e. The third kappa shape index (κ3) is 9.69. The van der Waals surface area contributed by atoms with Gasteiger partial charge in [-0.3, -0.25) is 19.9 Å². The highest BCUT2D eigenvalue weighted by Crippen LogP contribution is 2.28. The SMILES string of the molecule is CCOC(=O)Nc1cccc(CC2N=C(c3ccc(C(=O)NCCCCCCC4CCCCC4)cc3)C=CC2=O)c1. The lowest BCUT2D eigenvalue weighted by Gasteiger charge is -2.21. The maximum Gasteiger partial charge on any atom is 0.411 e. The number of dihydropyridines is 1. The van der Waals surface area contributed by atoms with Crippen LogP contribution in [0, 0.1) is 5.92 Å². The zero-order chi connectivity index (χ0) is 28.9. The second-order valence-electron chi connectivity index (χ2n) is 11.1. The van der Waals surface area contributed by atoms with E-state index in [1.165, 1.54) is 51.4 Å². The number of nitrogens with one attached hydrogen (secondary N) is 2. The third-order valence-electron chi connectivity index (χ3n) is 7.90. The van der Waals surface area contributed by atoms with Gasteiger partial charge in [-0.25, -0.2) is 4.79 Å². The topological polar surface area (TPSA) is 96.9 Å². The molecule has 1 heterocycles. The first-order chi connectivity index (χ1) is 20.0. The number of ketones is 1. The highest BCUT2D eigenvalue weighted by atomic mass is 16.5. The highest BCUT2D eigenvalue weighted by molar-refractivity contribution is 6.15. The average molecular weight is 558 g/mol. The van der Waals surface area contributed by atoms with Crippen LogP contribution in [0.15, 0.2) is 65.7 Å². The molecule has 2 amide bonds. The zero-order valence-corrected chi connectivity index (χ0v) is 24.2. The minimum absolute atomic E-state index is 0.0655. The van der Waals surface area contributed by atoms with Crippen LogP contribution in [-0.4, -0.2) is 42.7 Å². The molecule has 0 radical (unpaired) electrons. The van der Waals surface area contributed by atoms with Crippen molar-refractivity contribution < 1.29 is 19.1 Å². The number of amides is 2. The number of benzene rings is 2. The lowest BCUT2D eigenvalue weighted by molar-refractivity contribution is -0.115. The van der Waals surface area contributed by atoms with Crippen molar-refractivity contribution in [1.82, 2.24) is 5.32 Å². The van der Waals surface area contributed by atoms with Crippen LogP contribution in [0.5, 0.6) is 0 Å². The summed E-state index contributed by atoms with van der Waals surface area (Å²) in [6.45, 7) is 2.73. The van der Waals surface area contributed by atoms with Crippen LogP contribution in [0.2, 0.25) is 0 Å². The molecule has 7 nitrogen and oxygen atoms in total. The van der Waals surface area contributed by atoms with E-state index in [4.69, 9.17) is 9.73 Å². The predicted octanol–water partition coefficient (Wildman–Crippen LogP) is 7.05. The van der Waals surface area contributed by atoms with Crippen LogP contribution in [0.1, 0.15) is 92.6 Å². The Hall–Kier alpha value is -3.74. The number of aliphatic imine (C=N–C) groups is 1. The molecule has 2 aromatic carbocycles. The number of allylic oxidation sites excluding steroid dienone is 1. The van der Waals surface area contributed by atoms with Crippen LogP contribution in [-0.2, 0) is 16.0 Å². The summed E-state index contributed by atoms with van der Waals surface area (Å²) in [4.78, 5) is 41.6. The second kappa shape index (κ2) is 15.9. The summed E-state index contributed by atoms with van der Waals surface area (Å²) in [5.41, 5.74) is 3.66. The third-order valence-corrected chi connectivity index (χ3v) is 7.90. The monoisotopic (exact) mass is 557 g/mol. The van der Waals surface area contributed by atoms with Gasteiger partial charge in [-0.05, 0) is 66.8 Å². The van der Waals surface area contributed by atoms with E-state index < -0.39 is 12.1 Å². The molecule has 218 valence electrons. The van der Waals surface area contributed by atoms with Crippen LogP contribution in [0.25, 0.3) is 0 Å². The minimum atomic E-state index is -0.557. The van der Waals surface area contributed by atoms with Gasteiger partial charge in [0.15, 0.2) is 5.78 Å². The lowest BCUT2D eigenvalue weighted by atomic mass is 9.85. The summed E-state index contributed by atoms with van der Waals surface area (Å²) in [6.07, 6.45) is 16.4. The summed E-state index contributed by atoms with van der Waals surface area (Å²) in [5, 5.41) is 5.73. The summed E-state index contributed by atoms with van der Waals surface area (Å²) in [7, 11) is 0. The van der Waals surface area contributed by atoms with Gasteiger partial charge in [0.05, 0.1) is 12.3 Å². The van der Waals surface area contributed by atoms with E-state index in [0.29, 0.717) is 29.9 Å². The Bertz CT molecular complexity index is 1230. The highest BCUT2D eigenvalue weighted by Gasteiger charge is 2.21. The van der Waals surface area contributed by atoms with Crippen molar-refractivity contribution in [3.05, 3.63) is 77.4 Å². The van der Waals surface area contributed by atoms with E-state index >= 15 is 0 Å². The first-order valence-corrected chi connectivity index (χ1v) is 15.2.